The van der Waals surface area contributed by atoms with E-state index in [-0.39, 0.29) is 0 Å². The zero-order chi connectivity index (χ0) is 26.2. The molecule has 0 aliphatic rings. The molecule has 6 heteroatoms. The topological polar surface area (TPSA) is 94.6 Å². The lowest BCUT2D eigenvalue weighted by atomic mass is 10.0. The van der Waals surface area contributed by atoms with Crippen molar-refractivity contribution in [3.05, 3.63) is 114 Å². The number of aliphatic carboxylic acids is 1. The third kappa shape index (κ3) is 4.02. The van der Waals surface area contributed by atoms with Gasteiger partial charge in [-0.05, 0) is 51.7 Å². The molecule has 5 aromatic carbocycles. The molecule has 0 aliphatic heterocycles. The molecule has 0 radical (unpaired) electrons. The van der Waals surface area contributed by atoms with Crippen LogP contribution in [0.3, 0.4) is 0 Å². The molecule has 6 aromatic rings. The number of primary amides is 1. The Morgan fingerprint density at radius 1 is 0.763 bits per heavy atom. The number of nitrogens with zero attached hydrogens (tertiary/aromatic N) is 1. The van der Waals surface area contributed by atoms with Crippen molar-refractivity contribution in [3.63, 3.8) is 0 Å². The van der Waals surface area contributed by atoms with E-state index in [0.29, 0.717) is 28.6 Å². The third-order valence-electron chi connectivity index (χ3n) is 6.89. The normalized spacial score (nSPS) is 11.3. The molecule has 0 aliphatic carbocycles. The summed E-state index contributed by atoms with van der Waals surface area (Å²) in [6.07, 6.45) is 0. The van der Waals surface area contributed by atoms with Crippen molar-refractivity contribution in [1.29, 1.82) is 0 Å². The van der Waals surface area contributed by atoms with Crippen LogP contribution in [-0.2, 0) is 11.3 Å². The number of benzene rings is 5. The molecule has 186 valence electrons. The number of ether oxygens (including phenoxy) is 1. The first kappa shape index (κ1) is 23.3. The van der Waals surface area contributed by atoms with E-state index < -0.39 is 18.5 Å². The monoisotopic (exact) mass is 500 g/mol. The lowest BCUT2D eigenvalue weighted by Crippen LogP contribution is -2.11. The maximum absolute atomic E-state index is 12.5. The van der Waals surface area contributed by atoms with Crippen LogP contribution < -0.4 is 10.5 Å². The second kappa shape index (κ2) is 9.41. The molecule has 6 nitrogen and oxygen atoms in total. The smallest absolute Gasteiger partial charge is 0.341 e. The van der Waals surface area contributed by atoms with Gasteiger partial charge in [-0.2, -0.15) is 0 Å². The zero-order valence-corrected chi connectivity index (χ0v) is 20.4. The lowest BCUT2D eigenvalue weighted by molar-refractivity contribution is -0.139. The quantitative estimate of drug-likeness (QED) is 0.272. The van der Waals surface area contributed by atoms with Gasteiger partial charge in [-0.25, -0.2) is 4.79 Å². The Hall–Kier alpha value is -5.10. The highest BCUT2D eigenvalue weighted by Gasteiger charge is 2.22. The third-order valence-corrected chi connectivity index (χ3v) is 6.89. The van der Waals surface area contributed by atoms with Gasteiger partial charge in [0.15, 0.2) is 6.61 Å². The molecule has 1 heterocycles. The highest BCUT2D eigenvalue weighted by atomic mass is 16.5. The average Bonchev–Trinajstić information content (AvgIpc) is 3.25. The maximum atomic E-state index is 12.5. The predicted molar refractivity (Wildman–Crippen MR) is 150 cm³/mol. The van der Waals surface area contributed by atoms with Crippen molar-refractivity contribution in [2.24, 2.45) is 5.73 Å². The van der Waals surface area contributed by atoms with E-state index in [4.69, 9.17) is 10.5 Å². The summed E-state index contributed by atoms with van der Waals surface area (Å²) in [6.45, 7) is 0.0161. The summed E-state index contributed by atoms with van der Waals surface area (Å²) in [5.41, 5.74) is 10.8. The first-order valence-electron chi connectivity index (χ1n) is 12.3. The van der Waals surface area contributed by atoms with E-state index >= 15 is 0 Å². The Morgan fingerprint density at radius 3 is 2.29 bits per heavy atom. The zero-order valence-electron chi connectivity index (χ0n) is 20.4. The van der Waals surface area contributed by atoms with Crippen molar-refractivity contribution in [2.75, 3.05) is 6.61 Å². The number of hydrogen-bond acceptors (Lipinski definition) is 3. The molecule has 3 N–H and O–H groups in total. The van der Waals surface area contributed by atoms with Crippen molar-refractivity contribution in [1.82, 2.24) is 4.57 Å². The summed E-state index contributed by atoms with van der Waals surface area (Å²) < 4.78 is 8.01. The van der Waals surface area contributed by atoms with Gasteiger partial charge in [-0.15, -0.1) is 0 Å². The Kier molecular flexibility index (Phi) is 5.77. The summed E-state index contributed by atoms with van der Waals surface area (Å²) in [6, 6.07) is 33.6. The Labute approximate surface area is 218 Å². The van der Waals surface area contributed by atoms with Gasteiger partial charge < -0.3 is 20.1 Å². The standard InChI is InChI=1S/C32H24N2O4/c33-32(37)25-14-7-15-26-30(25)31-27(34(26)18-22-12-6-11-21-10-4-5-13-24(21)22)16-23(20-8-2-1-3-9-20)17-28(31)38-19-29(35)36/h1-17H,18-19H2,(H2,33,37)(H,35,36). The summed E-state index contributed by atoms with van der Waals surface area (Å²) in [4.78, 5) is 24.0. The average molecular weight is 501 g/mol. The summed E-state index contributed by atoms with van der Waals surface area (Å²) >= 11 is 0. The molecule has 1 amide bonds. The SMILES string of the molecule is NC(=O)c1cccc2c1c1c(OCC(=O)O)cc(-c3ccccc3)cc1n2Cc1cccc2ccccc12. The fourth-order valence-electron chi connectivity index (χ4n) is 5.25. The van der Waals surface area contributed by atoms with Crippen LogP contribution in [0.15, 0.2) is 103 Å². The fraction of sp³-hybridized carbons (Fsp3) is 0.0625. The van der Waals surface area contributed by atoms with E-state index in [2.05, 4.69) is 34.9 Å². The number of carbonyl (C=O) groups excluding carboxylic acids is 1. The number of carboxylic acid groups (broad SMARTS) is 1. The van der Waals surface area contributed by atoms with Gasteiger partial charge in [0.05, 0.1) is 16.4 Å². The molecule has 0 bridgehead atoms. The maximum Gasteiger partial charge on any atom is 0.341 e. The fourth-order valence-corrected chi connectivity index (χ4v) is 5.25. The second-order valence-electron chi connectivity index (χ2n) is 9.21. The number of fused-ring (bicyclic) bond motifs is 4. The van der Waals surface area contributed by atoms with Crippen molar-refractivity contribution < 1.29 is 19.4 Å². The van der Waals surface area contributed by atoms with Gasteiger partial charge in [0.1, 0.15) is 5.75 Å². The van der Waals surface area contributed by atoms with E-state index in [1.807, 2.05) is 66.7 Å². The van der Waals surface area contributed by atoms with Gasteiger partial charge in [0.25, 0.3) is 0 Å². The molecule has 0 atom stereocenters. The molecule has 0 fully saturated rings. The number of rotatable bonds is 7. The number of amides is 1. The van der Waals surface area contributed by atoms with Crippen LogP contribution in [0.25, 0.3) is 43.7 Å². The Morgan fingerprint density at radius 2 is 1.50 bits per heavy atom. The number of aromatic nitrogens is 1. The largest absolute Gasteiger partial charge is 0.481 e. The molecule has 6 rings (SSSR count). The van der Waals surface area contributed by atoms with Gasteiger partial charge >= 0.3 is 5.97 Å². The van der Waals surface area contributed by atoms with E-state index in [1.165, 1.54) is 0 Å². The van der Waals surface area contributed by atoms with Crippen molar-refractivity contribution in [3.8, 4) is 16.9 Å². The van der Waals surface area contributed by atoms with Crippen LogP contribution in [0.4, 0.5) is 0 Å². The number of nitrogens with two attached hydrogens (primary N) is 1. The number of carboxylic acids is 1. The molecule has 0 saturated carbocycles. The van der Waals surface area contributed by atoms with Crippen LogP contribution in [0.5, 0.6) is 5.75 Å². The summed E-state index contributed by atoms with van der Waals surface area (Å²) in [5, 5.41) is 13.0. The van der Waals surface area contributed by atoms with E-state index in [0.717, 1.165) is 38.5 Å². The molecule has 1 aromatic heterocycles. The van der Waals surface area contributed by atoms with Crippen LogP contribution in [-0.4, -0.2) is 28.2 Å². The van der Waals surface area contributed by atoms with Gasteiger partial charge in [0.2, 0.25) is 5.91 Å². The van der Waals surface area contributed by atoms with Gasteiger partial charge in [-0.1, -0.05) is 78.9 Å². The first-order valence-corrected chi connectivity index (χ1v) is 12.3. The lowest BCUT2D eigenvalue weighted by Gasteiger charge is -2.13. The van der Waals surface area contributed by atoms with Crippen LogP contribution in [0.1, 0.15) is 15.9 Å². The second-order valence-corrected chi connectivity index (χ2v) is 9.21. The predicted octanol–water partition coefficient (Wildman–Crippen LogP) is 6.23. The van der Waals surface area contributed by atoms with E-state index in [1.54, 1.807) is 6.07 Å². The molecule has 0 unspecified atom stereocenters. The van der Waals surface area contributed by atoms with Crippen LogP contribution in [0.2, 0.25) is 0 Å². The molecule has 38 heavy (non-hydrogen) atoms. The minimum atomic E-state index is -1.09. The van der Waals surface area contributed by atoms with Crippen molar-refractivity contribution in [2.45, 2.75) is 6.54 Å². The minimum absolute atomic E-state index is 0.358. The summed E-state index contributed by atoms with van der Waals surface area (Å²) in [5.74, 6) is -1.26. The Balaban J connectivity index is 1.70. The molecular formula is C32H24N2O4. The first-order chi connectivity index (χ1) is 18.5. The number of hydrogen-bond donors (Lipinski definition) is 2. The minimum Gasteiger partial charge on any atom is -0.481 e. The molecule has 0 spiro atoms. The van der Waals surface area contributed by atoms with Gasteiger partial charge in [0, 0.05) is 17.5 Å². The van der Waals surface area contributed by atoms with Crippen LogP contribution >= 0.6 is 0 Å². The van der Waals surface area contributed by atoms with Gasteiger partial charge in [-0.3, -0.25) is 4.79 Å². The molecule has 0 saturated heterocycles. The highest BCUT2D eigenvalue weighted by molar-refractivity contribution is 6.20. The van der Waals surface area contributed by atoms with Crippen LogP contribution in [0, 0.1) is 0 Å². The molecular weight excluding hydrogens is 476 g/mol. The van der Waals surface area contributed by atoms with Crippen molar-refractivity contribution >= 4 is 44.5 Å². The number of carbonyl (C=O) groups is 2. The van der Waals surface area contributed by atoms with E-state index in [9.17, 15) is 14.7 Å². The highest BCUT2D eigenvalue weighted by Crippen LogP contribution is 2.41. The summed E-state index contributed by atoms with van der Waals surface area (Å²) in [7, 11) is 0. The Bertz CT molecular complexity index is 1850.